The van der Waals surface area contributed by atoms with Gasteiger partial charge in [-0.2, -0.15) is 4.31 Å². The number of ether oxygens (including phenoxy) is 1. The topological polar surface area (TPSA) is 102 Å². The number of sulfonamides is 1. The van der Waals surface area contributed by atoms with Crippen LogP contribution < -0.4 is 10.1 Å². The van der Waals surface area contributed by atoms with E-state index in [1.54, 1.807) is 18.2 Å². The van der Waals surface area contributed by atoms with Crippen molar-refractivity contribution < 1.29 is 22.4 Å². The molecule has 9 heteroatoms. The number of rotatable bonds is 7. The number of hydrogen-bond donors (Lipinski definition) is 1. The van der Waals surface area contributed by atoms with E-state index in [-0.39, 0.29) is 16.4 Å². The molecular formula is C22H23N3O5S. The first kappa shape index (κ1) is 21.1. The molecule has 2 aromatic carbocycles. The highest BCUT2D eigenvalue weighted by atomic mass is 32.2. The molecule has 0 amide bonds. The molecule has 1 fully saturated rings. The van der Waals surface area contributed by atoms with Gasteiger partial charge >= 0.3 is 0 Å². The molecule has 0 saturated carbocycles. The molecule has 8 nitrogen and oxygen atoms in total. The summed E-state index contributed by atoms with van der Waals surface area (Å²) in [5, 5.41) is 2.99. The van der Waals surface area contributed by atoms with Crippen LogP contribution in [-0.2, 0) is 14.8 Å². The Hall–Kier alpha value is -3.17. The first-order valence-corrected chi connectivity index (χ1v) is 11.4. The maximum Gasteiger partial charge on any atom is 0.243 e. The minimum absolute atomic E-state index is 0.176. The van der Waals surface area contributed by atoms with Crippen molar-refractivity contribution in [2.45, 2.75) is 24.2 Å². The summed E-state index contributed by atoms with van der Waals surface area (Å²) < 4.78 is 38.4. The Morgan fingerprint density at radius 1 is 1.16 bits per heavy atom. The first-order valence-electron chi connectivity index (χ1n) is 9.99. The Labute approximate surface area is 180 Å². The molecule has 0 radical (unpaired) electrons. The maximum absolute atomic E-state index is 12.9. The highest BCUT2D eigenvalue weighted by molar-refractivity contribution is 7.89. The number of hydrogen-bond acceptors (Lipinski definition) is 7. The summed E-state index contributed by atoms with van der Waals surface area (Å²) >= 11 is 0. The van der Waals surface area contributed by atoms with Crippen LogP contribution in [0.25, 0.3) is 16.7 Å². The van der Waals surface area contributed by atoms with Crippen molar-refractivity contribution in [1.29, 1.82) is 0 Å². The SMILES string of the molecule is COc1cc(S(=O)(=O)N2CCCCC2)ccc1N/C=C(\C=O)c1nc2ccccc2o1. The van der Waals surface area contributed by atoms with Crippen LogP contribution in [0.4, 0.5) is 5.69 Å². The van der Waals surface area contributed by atoms with Crippen molar-refractivity contribution in [2.75, 3.05) is 25.5 Å². The number of allylic oxidation sites excluding steroid dienone is 1. The highest BCUT2D eigenvalue weighted by Crippen LogP contribution is 2.30. The quantitative estimate of drug-likeness (QED) is 0.441. The minimum Gasteiger partial charge on any atom is -0.495 e. The van der Waals surface area contributed by atoms with Gasteiger partial charge in [-0.25, -0.2) is 13.4 Å². The van der Waals surface area contributed by atoms with Crippen LogP contribution in [0.15, 0.2) is 58.0 Å². The van der Waals surface area contributed by atoms with Gasteiger partial charge in [0.25, 0.3) is 0 Å². The zero-order valence-corrected chi connectivity index (χ0v) is 17.9. The summed E-state index contributed by atoms with van der Waals surface area (Å²) in [5.74, 6) is 0.532. The van der Waals surface area contributed by atoms with Gasteiger partial charge in [0, 0.05) is 25.4 Å². The molecule has 0 unspecified atom stereocenters. The van der Waals surface area contributed by atoms with Crippen molar-refractivity contribution in [3.8, 4) is 5.75 Å². The van der Waals surface area contributed by atoms with Crippen molar-refractivity contribution in [1.82, 2.24) is 9.29 Å². The fourth-order valence-electron chi connectivity index (χ4n) is 3.50. The van der Waals surface area contributed by atoms with Crippen molar-refractivity contribution >= 4 is 38.7 Å². The minimum atomic E-state index is -3.58. The molecule has 1 aromatic heterocycles. The number of fused-ring (bicyclic) bond motifs is 1. The molecule has 4 rings (SSSR count). The second-order valence-corrected chi connectivity index (χ2v) is 9.11. The average Bonchev–Trinajstić information content (AvgIpc) is 3.24. The maximum atomic E-state index is 12.9. The van der Waals surface area contributed by atoms with E-state index in [9.17, 15) is 13.2 Å². The van der Waals surface area contributed by atoms with Gasteiger partial charge in [0.2, 0.25) is 15.9 Å². The normalized spacial score (nSPS) is 15.7. The predicted octanol–water partition coefficient (Wildman–Crippen LogP) is 3.66. The first-order chi connectivity index (χ1) is 15.0. The van der Waals surface area contributed by atoms with Crippen LogP contribution in [-0.4, -0.2) is 44.2 Å². The number of aromatic nitrogens is 1. The zero-order valence-electron chi connectivity index (χ0n) is 17.1. The fourth-order valence-corrected chi connectivity index (χ4v) is 5.04. The average molecular weight is 442 g/mol. The summed E-state index contributed by atoms with van der Waals surface area (Å²) in [7, 11) is -2.11. The number of methoxy groups -OCH3 is 1. The lowest BCUT2D eigenvalue weighted by Crippen LogP contribution is -2.35. The largest absolute Gasteiger partial charge is 0.495 e. The number of benzene rings is 2. The summed E-state index contributed by atoms with van der Waals surface area (Å²) in [6.07, 6.45) is 4.87. The number of aldehydes is 1. The molecule has 0 spiro atoms. The third-order valence-electron chi connectivity index (χ3n) is 5.18. The third kappa shape index (κ3) is 4.33. The summed E-state index contributed by atoms with van der Waals surface area (Å²) in [6.45, 7) is 1.06. The lowest BCUT2D eigenvalue weighted by Gasteiger charge is -2.26. The van der Waals surface area contributed by atoms with E-state index in [0.29, 0.717) is 41.9 Å². The van der Waals surface area contributed by atoms with E-state index in [4.69, 9.17) is 9.15 Å². The fraction of sp³-hybridized carbons (Fsp3) is 0.273. The number of anilines is 1. The number of oxazole rings is 1. The number of carbonyl (C=O) groups excluding carboxylic acids is 1. The van der Waals surface area contributed by atoms with Crippen LogP contribution in [0.1, 0.15) is 25.2 Å². The second kappa shape index (κ2) is 8.91. The van der Waals surface area contributed by atoms with Gasteiger partial charge in [-0.3, -0.25) is 4.79 Å². The van der Waals surface area contributed by atoms with E-state index in [1.807, 2.05) is 12.1 Å². The predicted molar refractivity (Wildman–Crippen MR) is 117 cm³/mol. The molecule has 1 saturated heterocycles. The van der Waals surface area contributed by atoms with Gasteiger partial charge in [0.05, 0.1) is 23.3 Å². The number of para-hydroxylation sites is 2. The Kier molecular flexibility index (Phi) is 6.06. The summed E-state index contributed by atoms with van der Waals surface area (Å²) in [4.78, 5) is 16.1. The van der Waals surface area contributed by atoms with Gasteiger partial charge in [0.15, 0.2) is 11.9 Å². The zero-order chi connectivity index (χ0) is 21.8. The van der Waals surface area contributed by atoms with Gasteiger partial charge in [-0.05, 0) is 37.1 Å². The standard InChI is InChI=1S/C22H23N3O5S/c1-29-21-13-17(31(27,28)25-11-5-2-6-12-25)9-10-18(21)23-14-16(15-26)22-24-19-7-3-4-8-20(19)30-22/h3-4,7-10,13-15,23H,2,5-6,11-12H2,1H3/b16-14+. The van der Waals surface area contributed by atoms with Crippen molar-refractivity contribution in [2.24, 2.45) is 0 Å². The lowest BCUT2D eigenvalue weighted by molar-refractivity contribution is -0.103. The van der Waals surface area contributed by atoms with Crippen LogP contribution in [0.2, 0.25) is 0 Å². The van der Waals surface area contributed by atoms with E-state index < -0.39 is 10.0 Å². The van der Waals surface area contributed by atoms with Crippen LogP contribution in [0.5, 0.6) is 5.75 Å². The molecule has 0 aliphatic carbocycles. The molecular weight excluding hydrogens is 418 g/mol. The number of carbonyl (C=O) groups is 1. The number of piperidine rings is 1. The molecule has 31 heavy (non-hydrogen) atoms. The summed E-state index contributed by atoms with van der Waals surface area (Å²) in [5.41, 5.74) is 1.95. The molecule has 0 atom stereocenters. The van der Waals surface area contributed by atoms with Crippen molar-refractivity contribution in [3.63, 3.8) is 0 Å². The van der Waals surface area contributed by atoms with Crippen LogP contribution in [0.3, 0.4) is 0 Å². The molecule has 2 heterocycles. The van der Waals surface area contributed by atoms with Gasteiger partial charge in [-0.15, -0.1) is 0 Å². The van der Waals surface area contributed by atoms with Crippen LogP contribution >= 0.6 is 0 Å². The Bertz CT molecular complexity index is 1190. The van der Waals surface area contributed by atoms with E-state index in [0.717, 1.165) is 19.3 Å². The monoisotopic (exact) mass is 441 g/mol. The number of nitrogens with zero attached hydrogens (tertiary/aromatic N) is 2. The lowest BCUT2D eigenvalue weighted by atomic mass is 10.2. The highest BCUT2D eigenvalue weighted by Gasteiger charge is 2.26. The third-order valence-corrected chi connectivity index (χ3v) is 7.07. The Morgan fingerprint density at radius 3 is 2.65 bits per heavy atom. The Morgan fingerprint density at radius 2 is 1.94 bits per heavy atom. The van der Waals surface area contributed by atoms with Crippen LogP contribution in [0, 0.1) is 0 Å². The molecule has 162 valence electrons. The van der Waals surface area contributed by atoms with E-state index >= 15 is 0 Å². The van der Waals surface area contributed by atoms with Gasteiger partial charge in [-0.1, -0.05) is 18.6 Å². The van der Waals surface area contributed by atoms with E-state index in [2.05, 4.69) is 10.3 Å². The van der Waals surface area contributed by atoms with E-state index in [1.165, 1.54) is 29.7 Å². The van der Waals surface area contributed by atoms with Crippen molar-refractivity contribution in [3.05, 3.63) is 54.6 Å². The summed E-state index contributed by atoms with van der Waals surface area (Å²) in [6, 6.07) is 11.9. The molecule has 1 N–H and O–H groups in total. The smallest absolute Gasteiger partial charge is 0.243 e. The Balaban J connectivity index is 1.59. The molecule has 1 aliphatic rings. The van der Waals surface area contributed by atoms with Gasteiger partial charge in [0.1, 0.15) is 11.3 Å². The molecule has 0 bridgehead atoms. The number of nitrogens with one attached hydrogen (secondary N) is 1. The molecule has 3 aromatic rings. The molecule has 1 aliphatic heterocycles. The van der Waals surface area contributed by atoms with Gasteiger partial charge < -0.3 is 14.5 Å². The second-order valence-electron chi connectivity index (χ2n) is 7.18.